The number of fused-ring (bicyclic) bond motifs is 2. The molecule has 0 saturated carbocycles. The van der Waals surface area contributed by atoms with Crippen molar-refractivity contribution in [2.24, 2.45) is 0 Å². The first-order valence-electron chi connectivity index (χ1n) is 15.5. The van der Waals surface area contributed by atoms with Crippen LogP contribution in [0.25, 0.3) is 10.8 Å². The van der Waals surface area contributed by atoms with Crippen LogP contribution < -0.4 is 19.3 Å². The van der Waals surface area contributed by atoms with Gasteiger partial charge in [-0.15, -0.1) is 0 Å². The van der Waals surface area contributed by atoms with Crippen LogP contribution in [0.5, 0.6) is 11.8 Å². The van der Waals surface area contributed by atoms with Crippen molar-refractivity contribution in [1.29, 1.82) is 0 Å². The van der Waals surface area contributed by atoms with Gasteiger partial charge in [0.15, 0.2) is 0 Å². The van der Waals surface area contributed by atoms with E-state index in [1.807, 2.05) is 18.2 Å². The van der Waals surface area contributed by atoms with Gasteiger partial charge in [-0.25, -0.2) is 0 Å². The minimum Gasteiger partial charge on any atom is -0.489 e. The van der Waals surface area contributed by atoms with E-state index in [0.29, 0.717) is 25.8 Å². The van der Waals surface area contributed by atoms with Crippen LogP contribution in [0.1, 0.15) is 50.4 Å². The second-order valence-electron chi connectivity index (χ2n) is 11.1. The first-order chi connectivity index (χ1) is 20.6. The number of aromatic nitrogens is 2. The Hall–Kier alpha value is -3.84. The Morgan fingerprint density at radius 1 is 0.857 bits per heavy atom. The van der Waals surface area contributed by atoms with E-state index in [0.717, 1.165) is 74.8 Å². The fourth-order valence-corrected chi connectivity index (χ4v) is 5.58. The van der Waals surface area contributed by atoms with Crippen molar-refractivity contribution in [2.75, 3.05) is 56.2 Å². The van der Waals surface area contributed by atoms with Gasteiger partial charge < -0.3 is 24.2 Å². The third-order valence-electron chi connectivity index (χ3n) is 7.96. The number of ether oxygens (including phenoxy) is 2. The summed E-state index contributed by atoms with van der Waals surface area (Å²) in [7, 11) is 2.10. The molecule has 5 rings (SSSR count). The first kappa shape index (κ1) is 29.6. The average molecular weight is 568 g/mol. The summed E-state index contributed by atoms with van der Waals surface area (Å²) < 4.78 is 12.5. The molecule has 0 spiro atoms. The Balaban J connectivity index is 1.47. The molecule has 1 aromatic heterocycles. The van der Waals surface area contributed by atoms with E-state index >= 15 is 0 Å². The highest BCUT2D eigenvalue weighted by atomic mass is 16.5. The number of rotatable bonds is 14. The Morgan fingerprint density at radius 2 is 1.62 bits per heavy atom. The second kappa shape index (κ2) is 14.4. The van der Waals surface area contributed by atoms with Crippen molar-refractivity contribution in [1.82, 2.24) is 14.9 Å². The third-order valence-corrected chi connectivity index (χ3v) is 7.96. The lowest BCUT2D eigenvalue weighted by atomic mass is 10.0. The van der Waals surface area contributed by atoms with Crippen LogP contribution in [0.2, 0.25) is 0 Å². The van der Waals surface area contributed by atoms with Crippen molar-refractivity contribution in [3.05, 3.63) is 83.6 Å². The predicted molar refractivity (Wildman–Crippen MR) is 173 cm³/mol. The van der Waals surface area contributed by atoms with Crippen LogP contribution in [-0.2, 0) is 19.6 Å². The molecule has 4 aromatic rings. The SMILES string of the molecule is CCCN(CCC)c1nc(OCCN(C)CC)nc2c1CCN(c1cc(OCc3ccccc3)cc3ccccc13)C2. The monoisotopic (exact) mass is 567 g/mol. The highest BCUT2D eigenvalue weighted by Gasteiger charge is 2.26. The molecule has 222 valence electrons. The molecule has 1 aliphatic heterocycles. The maximum absolute atomic E-state index is 6.31. The zero-order valence-corrected chi connectivity index (χ0v) is 25.7. The molecule has 42 heavy (non-hydrogen) atoms. The summed E-state index contributed by atoms with van der Waals surface area (Å²) in [6, 6.07) is 23.7. The summed E-state index contributed by atoms with van der Waals surface area (Å²) in [5.74, 6) is 1.93. The maximum Gasteiger partial charge on any atom is 0.318 e. The number of likely N-dealkylation sites (N-methyl/N-ethyl adjacent to an activating group) is 1. The summed E-state index contributed by atoms with van der Waals surface area (Å²) in [5.41, 5.74) is 4.65. The Labute approximate surface area is 251 Å². The molecule has 0 bridgehead atoms. The maximum atomic E-state index is 6.31. The van der Waals surface area contributed by atoms with Crippen LogP contribution in [0.3, 0.4) is 0 Å². The molecule has 2 heterocycles. The molecule has 3 aromatic carbocycles. The number of hydrogen-bond acceptors (Lipinski definition) is 7. The quantitative estimate of drug-likeness (QED) is 0.167. The Morgan fingerprint density at radius 3 is 2.38 bits per heavy atom. The highest BCUT2D eigenvalue weighted by Crippen LogP contribution is 2.37. The van der Waals surface area contributed by atoms with Crippen molar-refractivity contribution < 1.29 is 9.47 Å². The standard InChI is InChI=1S/C35H45N5O2/c1-5-18-39(19-6-2)34-31-17-20-40(25-32(31)36-35(37-34)41-22-21-38(4)7-3)33-24-29(23-28-15-11-12-16-30(28)33)42-26-27-13-9-8-10-14-27/h8-16,23-24H,5-7,17-22,25-26H2,1-4H3. The smallest absolute Gasteiger partial charge is 0.318 e. The van der Waals surface area contributed by atoms with Crippen molar-refractivity contribution in [3.63, 3.8) is 0 Å². The number of anilines is 2. The second-order valence-corrected chi connectivity index (χ2v) is 11.1. The fraction of sp³-hybridized carbons (Fsp3) is 0.429. The summed E-state index contributed by atoms with van der Waals surface area (Å²) in [4.78, 5) is 17.1. The Bertz CT molecular complexity index is 1440. The van der Waals surface area contributed by atoms with Gasteiger partial charge in [-0.3, -0.25) is 0 Å². The van der Waals surface area contributed by atoms with E-state index in [1.54, 1.807) is 0 Å². The molecule has 1 aliphatic rings. The van der Waals surface area contributed by atoms with Gasteiger partial charge in [0.25, 0.3) is 0 Å². The van der Waals surface area contributed by atoms with Gasteiger partial charge in [0.1, 0.15) is 24.8 Å². The van der Waals surface area contributed by atoms with Crippen LogP contribution in [0.15, 0.2) is 66.7 Å². The molecule has 7 heteroatoms. The third kappa shape index (κ3) is 7.13. The van der Waals surface area contributed by atoms with Gasteiger partial charge in [-0.05, 0) is 49.9 Å². The lowest BCUT2D eigenvalue weighted by Crippen LogP contribution is -2.35. The van der Waals surface area contributed by atoms with Crippen LogP contribution in [-0.4, -0.2) is 61.2 Å². The minimum absolute atomic E-state index is 0.483. The van der Waals surface area contributed by atoms with Crippen LogP contribution in [0, 0.1) is 0 Å². The van der Waals surface area contributed by atoms with Gasteiger partial charge >= 0.3 is 6.01 Å². The molecule has 0 N–H and O–H groups in total. The number of nitrogens with zero attached hydrogens (tertiary/aromatic N) is 5. The van der Waals surface area contributed by atoms with Gasteiger partial charge in [0.05, 0.1) is 12.2 Å². The van der Waals surface area contributed by atoms with Crippen LogP contribution >= 0.6 is 0 Å². The number of benzene rings is 3. The molecule has 0 fully saturated rings. The lowest BCUT2D eigenvalue weighted by molar-refractivity contribution is 0.230. The molecular formula is C35H45N5O2. The average Bonchev–Trinajstić information content (AvgIpc) is 3.03. The Kier molecular flexibility index (Phi) is 10.1. The summed E-state index contributed by atoms with van der Waals surface area (Å²) in [5, 5.41) is 2.40. The minimum atomic E-state index is 0.483. The van der Waals surface area contributed by atoms with E-state index in [1.165, 1.54) is 22.0 Å². The molecular weight excluding hydrogens is 522 g/mol. The molecule has 0 saturated heterocycles. The van der Waals surface area contributed by atoms with E-state index < -0.39 is 0 Å². The molecule has 0 aliphatic carbocycles. The van der Waals surface area contributed by atoms with Gasteiger partial charge in [-0.1, -0.05) is 75.4 Å². The summed E-state index contributed by atoms with van der Waals surface area (Å²) in [6.07, 6.45) is 3.03. The zero-order chi connectivity index (χ0) is 29.3. The van der Waals surface area contributed by atoms with E-state index in [2.05, 4.69) is 91.0 Å². The summed E-state index contributed by atoms with van der Waals surface area (Å²) in [6.45, 7) is 13.1. The van der Waals surface area contributed by atoms with Crippen LogP contribution in [0.4, 0.5) is 11.5 Å². The van der Waals surface area contributed by atoms with E-state index in [-0.39, 0.29) is 0 Å². The molecule has 0 amide bonds. The van der Waals surface area contributed by atoms with Crippen molar-refractivity contribution >= 4 is 22.3 Å². The largest absolute Gasteiger partial charge is 0.489 e. The van der Waals surface area contributed by atoms with Gasteiger partial charge in [0, 0.05) is 48.9 Å². The topological polar surface area (TPSA) is 54.0 Å². The van der Waals surface area contributed by atoms with Crippen molar-refractivity contribution in [2.45, 2.75) is 53.2 Å². The highest BCUT2D eigenvalue weighted by molar-refractivity contribution is 5.95. The predicted octanol–water partition coefficient (Wildman–Crippen LogP) is 6.73. The van der Waals surface area contributed by atoms with E-state index in [9.17, 15) is 0 Å². The molecule has 0 radical (unpaired) electrons. The lowest BCUT2D eigenvalue weighted by Gasteiger charge is -2.34. The van der Waals surface area contributed by atoms with Gasteiger partial charge in [0.2, 0.25) is 0 Å². The molecule has 0 unspecified atom stereocenters. The molecule has 7 nitrogen and oxygen atoms in total. The normalized spacial score (nSPS) is 12.9. The number of hydrogen-bond donors (Lipinski definition) is 0. The van der Waals surface area contributed by atoms with Crippen molar-refractivity contribution in [3.8, 4) is 11.8 Å². The summed E-state index contributed by atoms with van der Waals surface area (Å²) >= 11 is 0. The fourth-order valence-electron chi connectivity index (χ4n) is 5.58. The first-order valence-corrected chi connectivity index (χ1v) is 15.5. The van der Waals surface area contributed by atoms with Gasteiger partial charge in [-0.2, -0.15) is 9.97 Å². The van der Waals surface area contributed by atoms with E-state index in [4.69, 9.17) is 19.4 Å². The molecule has 0 atom stereocenters. The zero-order valence-electron chi connectivity index (χ0n) is 25.7.